The van der Waals surface area contributed by atoms with E-state index in [1.54, 1.807) is 4.90 Å². The van der Waals surface area contributed by atoms with Gasteiger partial charge in [0.25, 0.3) is 0 Å². The fourth-order valence-electron chi connectivity index (χ4n) is 2.44. The number of alkyl halides is 3. The van der Waals surface area contributed by atoms with Crippen LogP contribution in [0, 0.1) is 11.6 Å². The number of benzene rings is 1. The molecule has 1 aromatic rings. The normalized spacial score (nSPS) is 18.1. The Bertz CT molecular complexity index is 440. The maximum atomic E-state index is 13.2. The van der Waals surface area contributed by atoms with Crippen LogP contribution in [-0.2, 0) is 0 Å². The first-order valence-corrected chi connectivity index (χ1v) is 6.33. The molecule has 1 N–H and O–H groups in total. The van der Waals surface area contributed by atoms with Gasteiger partial charge in [0.15, 0.2) is 0 Å². The minimum absolute atomic E-state index is 0. The summed E-state index contributed by atoms with van der Waals surface area (Å²) >= 11 is 0. The highest BCUT2D eigenvalue weighted by Gasteiger charge is 2.36. The lowest BCUT2D eigenvalue weighted by Gasteiger charge is -2.35. The summed E-state index contributed by atoms with van der Waals surface area (Å²) in [7, 11) is 0. The van der Waals surface area contributed by atoms with Gasteiger partial charge in [-0.25, -0.2) is 8.78 Å². The number of rotatable bonds is 3. The van der Waals surface area contributed by atoms with Crippen LogP contribution in [0.3, 0.4) is 0 Å². The van der Waals surface area contributed by atoms with Crippen LogP contribution in [0.2, 0.25) is 0 Å². The summed E-state index contributed by atoms with van der Waals surface area (Å²) in [5.41, 5.74) is 0.0294. The molecule has 0 saturated carbocycles. The quantitative estimate of drug-likeness (QED) is 0.856. The SMILES string of the molecule is Cl.Fc1cc(F)cc([C@@H](CC(F)(F)F)N2CCNCC2)c1. The third kappa shape index (κ3) is 5.41. The van der Waals surface area contributed by atoms with Gasteiger partial charge in [-0.3, -0.25) is 4.90 Å². The van der Waals surface area contributed by atoms with Crippen LogP contribution >= 0.6 is 12.4 Å². The highest BCUT2D eigenvalue weighted by atomic mass is 35.5. The average molecular weight is 331 g/mol. The van der Waals surface area contributed by atoms with E-state index in [4.69, 9.17) is 0 Å². The van der Waals surface area contributed by atoms with E-state index in [1.807, 2.05) is 0 Å². The van der Waals surface area contributed by atoms with Crippen molar-refractivity contribution in [3.63, 3.8) is 0 Å². The summed E-state index contributed by atoms with van der Waals surface area (Å²) in [6.07, 6.45) is -5.51. The van der Waals surface area contributed by atoms with Gasteiger partial charge in [-0.2, -0.15) is 13.2 Å². The van der Waals surface area contributed by atoms with Crippen molar-refractivity contribution in [2.24, 2.45) is 0 Å². The number of nitrogens with one attached hydrogen (secondary N) is 1. The molecule has 2 rings (SSSR count). The van der Waals surface area contributed by atoms with Crippen LogP contribution in [0.15, 0.2) is 18.2 Å². The summed E-state index contributed by atoms with van der Waals surface area (Å²) in [5, 5.41) is 3.04. The summed E-state index contributed by atoms with van der Waals surface area (Å²) in [6, 6.07) is 1.55. The second-order valence-corrected chi connectivity index (χ2v) is 4.82. The van der Waals surface area contributed by atoms with E-state index >= 15 is 0 Å². The number of hydrogen-bond donors (Lipinski definition) is 1. The molecule has 0 aromatic heterocycles. The third-order valence-corrected chi connectivity index (χ3v) is 3.29. The zero-order valence-electron chi connectivity index (χ0n) is 11.1. The highest BCUT2D eigenvalue weighted by Crippen LogP contribution is 2.34. The van der Waals surface area contributed by atoms with E-state index < -0.39 is 30.3 Å². The van der Waals surface area contributed by atoms with Gasteiger partial charge in [0, 0.05) is 38.3 Å². The molecule has 1 saturated heterocycles. The second kappa shape index (κ2) is 7.38. The Hall–Kier alpha value is -0.920. The molecule has 1 aliphatic rings. The first-order chi connectivity index (χ1) is 9.35. The van der Waals surface area contributed by atoms with E-state index in [0.717, 1.165) is 12.1 Å². The fraction of sp³-hybridized carbons (Fsp3) is 0.538. The molecule has 2 nitrogen and oxygen atoms in total. The second-order valence-electron chi connectivity index (χ2n) is 4.82. The highest BCUT2D eigenvalue weighted by molar-refractivity contribution is 5.85. The molecule has 0 spiro atoms. The molecular weight excluding hydrogens is 315 g/mol. The van der Waals surface area contributed by atoms with Gasteiger partial charge in [-0.05, 0) is 17.7 Å². The average Bonchev–Trinajstić information content (AvgIpc) is 2.35. The van der Waals surface area contributed by atoms with Crippen LogP contribution in [0.1, 0.15) is 18.0 Å². The van der Waals surface area contributed by atoms with E-state index in [2.05, 4.69) is 5.32 Å². The molecule has 0 bridgehead atoms. The van der Waals surface area contributed by atoms with Crippen molar-refractivity contribution in [1.29, 1.82) is 0 Å². The number of nitrogens with zero attached hydrogens (tertiary/aromatic N) is 1. The molecule has 0 amide bonds. The third-order valence-electron chi connectivity index (χ3n) is 3.29. The monoisotopic (exact) mass is 330 g/mol. The maximum Gasteiger partial charge on any atom is 0.390 e. The number of halogens is 6. The molecule has 0 unspecified atom stereocenters. The minimum atomic E-state index is -4.39. The van der Waals surface area contributed by atoms with Crippen LogP contribution in [0.5, 0.6) is 0 Å². The lowest BCUT2D eigenvalue weighted by atomic mass is 10.0. The predicted molar refractivity (Wildman–Crippen MR) is 71.5 cm³/mol. The van der Waals surface area contributed by atoms with Crippen LogP contribution in [0.25, 0.3) is 0 Å². The van der Waals surface area contributed by atoms with Gasteiger partial charge in [-0.15, -0.1) is 12.4 Å². The van der Waals surface area contributed by atoms with E-state index in [1.165, 1.54) is 0 Å². The van der Waals surface area contributed by atoms with Crippen molar-refractivity contribution in [2.45, 2.75) is 18.6 Å². The topological polar surface area (TPSA) is 15.3 Å². The molecule has 1 heterocycles. The van der Waals surface area contributed by atoms with Crippen molar-refractivity contribution in [3.8, 4) is 0 Å². The first-order valence-electron chi connectivity index (χ1n) is 6.33. The Balaban J connectivity index is 0.00000220. The molecule has 0 radical (unpaired) electrons. The maximum absolute atomic E-state index is 13.2. The molecular formula is C13H16ClF5N2. The Morgan fingerprint density at radius 3 is 2.05 bits per heavy atom. The van der Waals surface area contributed by atoms with E-state index in [0.29, 0.717) is 32.2 Å². The van der Waals surface area contributed by atoms with Crippen molar-refractivity contribution in [1.82, 2.24) is 10.2 Å². The Labute approximate surface area is 125 Å². The molecule has 1 aliphatic heterocycles. The molecule has 0 aliphatic carbocycles. The Morgan fingerprint density at radius 2 is 1.57 bits per heavy atom. The zero-order valence-corrected chi connectivity index (χ0v) is 11.9. The molecule has 1 fully saturated rings. The van der Waals surface area contributed by atoms with Crippen molar-refractivity contribution in [3.05, 3.63) is 35.4 Å². The van der Waals surface area contributed by atoms with E-state index in [-0.39, 0.29) is 18.0 Å². The number of hydrogen-bond acceptors (Lipinski definition) is 2. The molecule has 8 heteroatoms. The Morgan fingerprint density at radius 1 is 1.05 bits per heavy atom. The largest absolute Gasteiger partial charge is 0.390 e. The van der Waals surface area contributed by atoms with Crippen LogP contribution < -0.4 is 5.32 Å². The summed E-state index contributed by atoms with van der Waals surface area (Å²) in [6.45, 7) is 1.95. The summed E-state index contributed by atoms with van der Waals surface area (Å²) < 4.78 is 64.6. The van der Waals surface area contributed by atoms with Crippen molar-refractivity contribution < 1.29 is 22.0 Å². The smallest absolute Gasteiger partial charge is 0.314 e. The van der Waals surface area contributed by atoms with Gasteiger partial charge in [0.05, 0.1) is 6.42 Å². The van der Waals surface area contributed by atoms with Gasteiger partial charge < -0.3 is 5.32 Å². The predicted octanol–water partition coefficient (Wildman–Crippen LogP) is 3.29. The lowest BCUT2D eigenvalue weighted by Crippen LogP contribution is -2.46. The van der Waals surface area contributed by atoms with Crippen molar-refractivity contribution in [2.75, 3.05) is 26.2 Å². The minimum Gasteiger partial charge on any atom is -0.314 e. The standard InChI is InChI=1S/C13H15F5N2.ClH/c14-10-5-9(6-11(15)7-10)12(8-13(16,17)18)20-3-1-19-2-4-20;/h5-7,12,19H,1-4,8H2;1H/t12-;/m1./s1. The number of piperazine rings is 1. The van der Waals surface area contributed by atoms with Crippen LogP contribution in [-0.4, -0.2) is 37.3 Å². The van der Waals surface area contributed by atoms with Gasteiger partial charge >= 0.3 is 6.18 Å². The van der Waals surface area contributed by atoms with Gasteiger partial charge in [0.1, 0.15) is 11.6 Å². The lowest BCUT2D eigenvalue weighted by molar-refractivity contribution is -0.148. The molecule has 120 valence electrons. The summed E-state index contributed by atoms with van der Waals surface area (Å²) in [5.74, 6) is -1.72. The van der Waals surface area contributed by atoms with Crippen LogP contribution in [0.4, 0.5) is 22.0 Å². The molecule has 21 heavy (non-hydrogen) atoms. The molecule has 1 atom stereocenters. The first kappa shape index (κ1) is 18.1. The Kier molecular flexibility index (Phi) is 6.37. The zero-order chi connectivity index (χ0) is 14.8. The van der Waals surface area contributed by atoms with Crippen molar-refractivity contribution >= 4 is 12.4 Å². The molecule has 1 aromatic carbocycles. The van der Waals surface area contributed by atoms with E-state index in [9.17, 15) is 22.0 Å². The summed E-state index contributed by atoms with van der Waals surface area (Å²) in [4.78, 5) is 1.61. The van der Waals surface area contributed by atoms with Gasteiger partial charge in [0.2, 0.25) is 0 Å². The fourth-order valence-corrected chi connectivity index (χ4v) is 2.44. The van der Waals surface area contributed by atoms with Gasteiger partial charge in [-0.1, -0.05) is 0 Å².